The standard InChI is InChI=1S/C16H13N5O5/c1-11(17-10-12-3-2-4-15(9-12)21(25)26)18-19-16(22)13-5-7-14(8-6-13)20(23)24/h2-10H,1H3,(H,19,22). The van der Waals surface area contributed by atoms with E-state index in [4.69, 9.17) is 0 Å². The molecule has 0 heterocycles. The number of rotatable bonds is 5. The Morgan fingerprint density at radius 2 is 1.69 bits per heavy atom. The molecule has 0 aromatic heterocycles. The largest absolute Gasteiger partial charge is 0.271 e. The number of benzene rings is 2. The van der Waals surface area contributed by atoms with E-state index in [-0.39, 0.29) is 22.8 Å². The summed E-state index contributed by atoms with van der Waals surface area (Å²) in [4.78, 5) is 36.1. The highest BCUT2D eigenvalue weighted by Gasteiger charge is 2.09. The van der Waals surface area contributed by atoms with Crippen LogP contribution >= 0.6 is 0 Å². The summed E-state index contributed by atoms with van der Waals surface area (Å²) in [7, 11) is 0. The van der Waals surface area contributed by atoms with Gasteiger partial charge in [0.05, 0.1) is 9.85 Å². The Kier molecular flexibility index (Phi) is 5.83. The van der Waals surface area contributed by atoms with Crippen molar-refractivity contribution in [2.75, 3.05) is 0 Å². The third kappa shape index (κ3) is 5.03. The van der Waals surface area contributed by atoms with Gasteiger partial charge in [0.1, 0.15) is 5.84 Å². The molecule has 0 atom stereocenters. The minimum atomic E-state index is -0.563. The predicted molar refractivity (Wildman–Crippen MR) is 94.4 cm³/mol. The average molecular weight is 355 g/mol. The molecule has 10 nitrogen and oxygen atoms in total. The van der Waals surface area contributed by atoms with E-state index in [9.17, 15) is 25.0 Å². The molecular weight excluding hydrogens is 342 g/mol. The Morgan fingerprint density at radius 1 is 1.04 bits per heavy atom. The molecule has 0 aliphatic heterocycles. The zero-order valence-corrected chi connectivity index (χ0v) is 13.5. The van der Waals surface area contributed by atoms with Gasteiger partial charge < -0.3 is 0 Å². The molecule has 132 valence electrons. The first-order valence-electron chi connectivity index (χ1n) is 7.24. The van der Waals surface area contributed by atoms with Crippen molar-refractivity contribution in [3.05, 3.63) is 79.9 Å². The van der Waals surface area contributed by atoms with Gasteiger partial charge in [-0.2, -0.15) is 5.10 Å². The van der Waals surface area contributed by atoms with Crippen LogP contribution in [0.4, 0.5) is 11.4 Å². The summed E-state index contributed by atoms with van der Waals surface area (Å²) in [5.74, 6) is -0.337. The maximum Gasteiger partial charge on any atom is 0.271 e. The monoisotopic (exact) mass is 355 g/mol. The number of amidine groups is 1. The van der Waals surface area contributed by atoms with Gasteiger partial charge in [-0.1, -0.05) is 12.1 Å². The van der Waals surface area contributed by atoms with E-state index in [1.54, 1.807) is 6.07 Å². The summed E-state index contributed by atoms with van der Waals surface area (Å²) in [6.45, 7) is 1.53. The Bertz CT molecular complexity index is 906. The molecule has 0 unspecified atom stereocenters. The average Bonchev–Trinajstić information content (AvgIpc) is 2.64. The number of nitrogens with zero attached hydrogens (tertiary/aromatic N) is 4. The van der Waals surface area contributed by atoms with Crippen molar-refractivity contribution in [3.8, 4) is 0 Å². The molecule has 0 radical (unpaired) electrons. The van der Waals surface area contributed by atoms with Crippen LogP contribution in [0.2, 0.25) is 0 Å². The number of nitro groups is 2. The minimum Gasteiger partial charge on any atom is -0.267 e. The van der Waals surface area contributed by atoms with Gasteiger partial charge in [0.25, 0.3) is 17.3 Å². The first-order valence-corrected chi connectivity index (χ1v) is 7.24. The molecule has 1 amide bonds. The highest BCUT2D eigenvalue weighted by molar-refractivity contribution is 5.97. The maximum atomic E-state index is 11.9. The van der Waals surface area contributed by atoms with Gasteiger partial charge >= 0.3 is 0 Å². The normalized spacial score (nSPS) is 11.3. The maximum absolute atomic E-state index is 11.9. The molecule has 0 saturated carbocycles. The molecule has 0 fully saturated rings. The van der Waals surface area contributed by atoms with Crippen molar-refractivity contribution < 1.29 is 14.6 Å². The summed E-state index contributed by atoms with van der Waals surface area (Å²) < 4.78 is 0. The van der Waals surface area contributed by atoms with Gasteiger partial charge in [-0.25, -0.2) is 10.4 Å². The minimum absolute atomic E-state index is 0.0602. The number of aliphatic imine (C=N–C) groups is 1. The van der Waals surface area contributed by atoms with Crippen molar-refractivity contribution >= 4 is 29.3 Å². The number of non-ortho nitro benzene ring substituents is 2. The number of nitrogens with one attached hydrogen (secondary N) is 1. The van der Waals surface area contributed by atoms with E-state index in [0.29, 0.717) is 5.56 Å². The Balaban J connectivity index is 2.01. The van der Waals surface area contributed by atoms with E-state index >= 15 is 0 Å². The lowest BCUT2D eigenvalue weighted by atomic mass is 10.2. The number of hydrazone groups is 1. The highest BCUT2D eigenvalue weighted by Crippen LogP contribution is 2.12. The van der Waals surface area contributed by atoms with Crippen LogP contribution < -0.4 is 5.43 Å². The number of amides is 1. The summed E-state index contributed by atoms with van der Waals surface area (Å²) in [5.41, 5.74) is 2.80. The predicted octanol–water partition coefficient (Wildman–Crippen LogP) is 2.69. The topological polar surface area (TPSA) is 140 Å². The van der Waals surface area contributed by atoms with Gasteiger partial charge in [0, 0.05) is 36.0 Å². The fourth-order valence-corrected chi connectivity index (χ4v) is 1.85. The number of nitro benzene ring substituents is 2. The van der Waals surface area contributed by atoms with Gasteiger partial charge in [-0.3, -0.25) is 25.0 Å². The Hall–Kier alpha value is -3.95. The molecule has 2 rings (SSSR count). The SMILES string of the molecule is CC(N=Cc1cccc([N+](=O)[O-])c1)=NNC(=O)c1ccc([N+](=O)[O-])cc1. The van der Waals surface area contributed by atoms with Crippen LogP contribution in [-0.4, -0.2) is 27.8 Å². The molecule has 0 spiro atoms. The van der Waals surface area contributed by atoms with E-state index in [2.05, 4.69) is 15.5 Å². The summed E-state index contributed by atoms with van der Waals surface area (Å²) in [6.07, 6.45) is 1.38. The van der Waals surface area contributed by atoms with E-state index in [1.807, 2.05) is 0 Å². The van der Waals surface area contributed by atoms with Crippen molar-refractivity contribution in [1.82, 2.24) is 5.43 Å². The first kappa shape index (κ1) is 18.4. The molecule has 0 aliphatic rings. The van der Waals surface area contributed by atoms with Crippen molar-refractivity contribution in [1.29, 1.82) is 0 Å². The van der Waals surface area contributed by atoms with Crippen LogP contribution in [0, 0.1) is 20.2 Å². The number of hydrogen-bond acceptors (Lipinski definition) is 6. The second-order valence-corrected chi connectivity index (χ2v) is 5.01. The van der Waals surface area contributed by atoms with E-state index in [0.717, 1.165) is 0 Å². The first-order chi connectivity index (χ1) is 12.4. The highest BCUT2D eigenvalue weighted by atomic mass is 16.6. The molecule has 10 heteroatoms. The smallest absolute Gasteiger partial charge is 0.267 e. The number of carbonyl (C=O) groups excluding carboxylic acids is 1. The quantitative estimate of drug-likeness (QED) is 0.380. The molecule has 1 N–H and O–H groups in total. The third-order valence-electron chi connectivity index (χ3n) is 3.14. The van der Waals surface area contributed by atoms with Crippen LogP contribution in [0.3, 0.4) is 0 Å². The summed E-state index contributed by atoms with van der Waals surface area (Å²) in [6, 6.07) is 10.9. The lowest BCUT2D eigenvalue weighted by molar-refractivity contribution is -0.385. The molecule has 0 saturated heterocycles. The Labute approximate surface area is 147 Å². The number of hydrogen-bond donors (Lipinski definition) is 1. The fourth-order valence-electron chi connectivity index (χ4n) is 1.85. The van der Waals surface area contributed by atoms with E-state index in [1.165, 1.54) is 55.6 Å². The second-order valence-electron chi connectivity index (χ2n) is 5.01. The molecular formula is C16H13N5O5. The summed E-state index contributed by atoms with van der Waals surface area (Å²) in [5, 5.41) is 25.1. The molecule has 0 aliphatic carbocycles. The Morgan fingerprint density at radius 3 is 2.31 bits per heavy atom. The van der Waals surface area contributed by atoms with E-state index < -0.39 is 15.8 Å². The van der Waals surface area contributed by atoms with Crippen LogP contribution in [0.5, 0.6) is 0 Å². The van der Waals surface area contributed by atoms with Crippen LogP contribution in [0.25, 0.3) is 0 Å². The molecule has 0 bridgehead atoms. The van der Waals surface area contributed by atoms with Gasteiger partial charge in [0.2, 0.25) is 0 Å². The zero-order valence-electron chi connectivity index (χ0n) is 13.5. The van der Waals surface area contributed by atoms with Gasteiger partial charge in [-0.05, 0) is 24.6 Å². The lowest BCUT2D eigenvalue weighted by Gasteiger charge is -2.00. The molecule has 2 aromatic rings. The van der Waals surface area contributed by atoms with Crippen LogP contribution in [0.1, 0.15) is 22.8 Å². The molecule has 26 heavy (non-hydrogen) atoms. The lowest BCUT2D eigenvalue weighted by Crippen LogP contribution is -2.18. The van der Waals surface area contributed by atoms with Crippen molar-refractivity contribution in [2.45, 2.75) is 6.92 Å². The summed E-state index contributed by atoms with van der Waals surface area (Å²) >= 11 is 0. The fraction of sp³-hybridized carbons (Fsp3) is 0.0625. The van der Waals surface area contributed by atoms with Crippen molar-refractivity contribution in [2.24, 2.45) is 10.1 Å². The molecule has 2 aromatic carbocycles. The zero-order chi connectivity index (χ0) is 19.1. The van der Waals surface area contributed by atoms with Crippen molar-refractivity contribution in [3.63, 3.8) is 0 Å². The van der Waals surface area contributed by atoms with Crippen LogP contribution in [0.15, 0.2) is 58.6 Å². The number of carbonyl (C=O) groups is 1. The third-order valence-corrected chi connectivity index (χ3v) is 3.14. The second kappa shape index (κ2) is 8.24. The van der Waals surface area contributed by atoms with Gasteiger partial charge in [-0.15, -0.1) is 0 Å². The van der Waals surface area contributed by atoms with Gasteiger partial charge in [0.15, 0.2) is 0 Å². The van der Waals surface area contributed by atoms with Crippen LogP contribution in [-0.2, 0) is 0 Å².